The van der Waals surface area contributed by atoms with Crippen LogP contribution in [0.4, 0.5) is 4.39 Å². The van der Waals surface area contributed by atoms with Gasteiger partial charge in [0.2, 0.25) is 11.8 Å². The smallest absolute Gasteiger partial charge is 0.250 e. The number of rotatable bonds is 5. The monoisotopic (exact) mass is 292 g/mol. The molecule has 1 N–H and O–H groups in total. The lowest BCUT2D eigenvalue weighted by molar-refractivity contribution is -0.151. The highest BCUT2D eigenvalue weighted by Gasteiger charge is 2.42. The summed E-state index contributed by atoms with van der Waals surface area (Å²) in [5.41, 5.74) is 0.753. The molecule has 2 rings (SSSR count). The summed E-state index contributed by atoms with van der Waals surface area (Å²) in [6.07, 6.45) is 0.254. The van der Waals surface area contributed by atoms with Gasteiger partial charge in [0, 0.05) is 6.54 Å². The average Bonchev–Trinajstić information content (AvgIpc) is 2.48. The molecule has 1 aliphatic rings. The van der Waals surface area contributed by atoms with Gasteiger partial charge < -0.3 is 10.2 Å². The third-order valence-corrected chi connectivity index (χ3v) is 3.72. The van der Waals surface area contributed by atoms with E-state index in [0.717, 1.165) is 5.56 Å². The van der Waals surface area contributed by atoms with Crippen LogP contribution >= 0.6 is 0 Å². The number of piperazine rings is 1. The molecule has 5 heteroatoms. The van der Waals surface area contributed by atoms with E-state index < -0.39 is 18.8 Å². The van der Waals surface area contributed by atoms with Crippen molar-refractivity contribution < 1.29 is 14.0 Å². The predicted molar refractivity (Wildman–Crippen MR) is 78.3 cm³/mol. The van der Waals surface area contributed by atoms with Crippen molar-refractivity contribution >= 4 is 11.8 Å². The van der Waals surface area contributed by atoms with Crippen LogP contribution in [0.5, 0.6) is 0 Å². The molecule has 1 saturated heterocycles. The van der Waals surface area contributed by atoms with E-state index >= 15 is 0 Å². The summed E-state index contributed by atoms with van der Waals surface area (Å²) < 4.78 is 12.5. The van der Waals surface area contributed by atoms with E-state index in [2.05, 4.69) is 5.32 Å². The minimum atomic E-state index is -0.673. The first kappa shape index (κ1) is 15.5. The Bertz CT molecular complexity index is 504. The van der Waals surface area contributed by atoms with Crippen molar-refractivity contribution in [1.82, 2.24) is 10.2 Å². The molecule has 1 aliphatic heterocycles. The fourth-order valence-electron chi connectivity index (χ4n) is 2.75. The Morgan fingerprint density at radius 3 is 2.48 bits per heavy atom. The number of carbonyl (C=O) groups excluding carboxylic acids is 2. The van der Waals surface area contributed by atoms with Gasteiger partial charge in [0.1, 0.15) is 12.1 Å². The molecule has 0 saturated carbocycles. The summed E-state index contributed by atoms with van der Waals surface area (Å²) in [4.78, 5) is 26.5. The van der Waals surface area contributed by atoms with Crippen LogP contribution in [-0.4, -0.2) is 36.0 Å². The summed E-state index contributed by atoms with van der Waals surface area (Å²) in [5.74, 6) is -0.337. The maximum atomic E-state index is 12.7. The number of nitrogens with one attached hydrogen (secondary N) is 1. The summed E-state index contributed by atoms with van der Waals surface area (Å²) in [5, 5.41) is 2.80. The number of amides is 2. The Morgan fingerprint density at radius 2 is 1.90 bits per heavy atom. The van der Waals surface area contributed by atoms with Crippen LogP contribution in [0.15, 0.2) is 30.3 Å². The molecule has 2 amide bonds. The first-order chi connectivity index (χ1) is 10.1. The second-order valence-corrected chi connectivity index (χ2v) is 5.62. The molecule has 1 aromatic rings. The minimum Gasteiger partial charge on any atom is -0.339 e. The van der Waals surface area contributed by atoms with Crippen molar-refractivity contribution in [2.45, 2.75) is 32.4 Å². The zero-order valence-electron chi connectivity index (χ0n) is 12.4. The molecule has 0 aromatic heterocycles. The molecule has 1 heterocycles. The topological polar surface area (TPSA) is 49.4 Å². The van der Waals surface area contributed by atoms with Crippen LogP contribution in [0.3, 0.4) is 0 Å². The molecule has 0 spiro atoms. The largest absolute Gasteiger partial charge is 0.339 e. The van der Waals surface area contributed by atoms with Gasteiger partial charge >= 0.3 is 0 Å². The molecule has 0 radical (unpaired) electrons. The quantitative estimate of drug-likeness (QED) is 0.903. The van der Waals surface area contributed by atoms with Crippen LogP contribution in [0.25, 0.3) is 0 Å². The number of hydrogen-bond acceptors (Lipinski definition) is 2. The Balaban J connectivity index is 2.28. The van der Waals surface area contributed by atoms with Crippen molar-refractivity contribution in [3.05, 3.63) is 35.9 Å². The Hall–Kier alpha value is -1.91. The van der Waals surface area contributed by atoms with Gasteiger partial charge in [-0.05, 0) is 17.9 Å². The van der Waals surface area contributed by atoms with Gasteiger partial charge in [-0.25, -0.2) is 0 Å². The molecular weight excluding hydrogens is 271 g/mol. The Kier molecular flexibility index (Phi) is 4.94. The standard InChI is InChI=1S/C16H21FN2O2/c1-11(2)14-15(20)18-13(12-7-4-3-5-8-12)16(21)19(14)10-6-9-17/h3-5,7-8,11,13-14H,6,9-10H2,1-2H3,(H,18,20). The Morgan fingerprint density at radius 1 is 1.24 bits per heavy atom. The number of alkyl halides is 1. The lowest BCUT2D eigenvalue weighted by Crippen LogP contribution is -2.61. The van der Waals surface area contributed by atoms with Crippen molar-refractivity contribution in [2.24, 2.45) is 5.92 Å². The first-order valence-corrected chi connectivity index (χ1v) is 7.28. The molecule has 0 bridgehead atoms. The molecular formula is C16H21FN2O2. The fraction of sp³-hybridized carbons (Fsp3) is 0.500. The number of nitrogens with zero attached hydrogens (tertiary/aromatic N) is 1. The third-order valence-electron chi connectivity index (χ3n) is 3.72. The van der Waals surface area contributed by atoms with E-state index in [1.54, 1.807) is 0 Å². The molecule has 2 atom stereocenters. The molecule has 1 aromatic carbocycles. The predicted octanol–water partition coefficient (Wildman–Crippen LogP) is 2.07. The molecule has 4 nitrogen and oxygen atoms in total. The normalized spacial score (nSPS) is 22.6. The van der Waals surface area contributed by atoms with E-state index in [0.29, 0.717) is 0 Å². The van der Waals surface area contributed by atoms with Crippen LogP contribution in [0.1, 0.15) is 31.9 Å². The molecule has 114 valence electrons. The van der Waals surface area contributed by atoms with Crippen molar-refractivity contribution in [3.63, 3.8) is 0 Å². The molecule has 21 heavy (non-hydrogen) atoms. The van der Waals surface area contributed by atoms with Crippen LogP contribution in [0, 0.1) is 5.92 Å². The summed E-state index contributed by atoms with van der Waals surface area (Å²) in [6, 6.07) is 7.94. The highest BCUT2D eigenvalue weighted by molar-refractivity contribution is 5.97. The van der Waals surface area contributed by atoms with E-state index in [9.17, 15) is 14.0 Å². The van der Waals surface area contributed by atoms with E-state index in [-0.39, 0.29) is 30.7 Å². The summed E-state index contributed by atoms with van der Waals surface area (Å²) >= 11 is 0. The summed E-state index contributed by atoms with van der Waals surface area (Å²) in [7, 11) is 0. The second kappa shape index (κ2) is 6.70. The third kappa shape index (κ3) is 3.23. The second-order valence-electron chi connectivity index (χ2n) is 5.62. The van der Waals surface area contributed by atoms with E-state index in [1.165, 1.54) is 4.90 Å². The van der Waals surface area contributed by atoms with Crippen LogP contribution in [0.2, 0.25) is 0 Å². The zero-order chi connectivity index (χ0) is 15.4. The SMILES string of the molecule is CC(C)C1C(=O)NC(c2ccccc2)C(=O)N1CCCF. The lowest BCUT2D eigenvalue weighted by Gasteiger charge is -2.41. The maximum absolute atomic E-state index is 12.7. The highest BCUT2D eigenvalue weighted by atomic mass is 19.1. The van der Waals surface area contributed by atoms with E-state index in [1.807, 2.05) is 44.2 Å². The first-order valence-electron chi connectivity index (χ1n) is 7.28. The van der Waals surface area contributed by atoms with Crippen molar-refractivity contribution in [1.29, 1.82) is 0 Å². The van der Waals surface area contributed by atoms with Crippen LogP contribution in [-0.2, 0) is 9.59 Å². The van der Waals surface area contributed by atoms with Gasteiger partial charge in [-0.3, -0.25) is 14.0 Å². The summed E-state index contributed by atoms with van der Waals surface area (Å²) in [6.45, 7) is 3.56. The number of halogens is 1. The number of carbonyl (C=O) groups is 2. The highest BCUT2D eigenvalue weighted by Crippen LogP contribution is 2.25. The Labute approximate surface area is 124 Å². The van der Waals surface area contributed by atoms with Gasteiger partial charge in [-0.15, -0.1) is 0 Å². The maximum Gasteiger partial charge on any atom is 0.250 e. The van der Waals surface area contributed by atoms with Gasteiger partial charge in [-0.2, -0.15) is 0 Å². The molecule has 2 unspecified atom stereocenters. The van der Waals surface area contributed by atoms with Gasteiger partial charge in [-0.1, -0.05) is 44.2 Å². The zero-order valence-corrected chi connectivity index (χ0v) is 12.4. The number of hydrogen-bond donors (Lipinski definition) is 1. The molecule has 0 aliphatic carbocycles. The van der Waals surface area contributed by atoms with Gasteiger partial charge in [0.05, 0.1) is 6.67 Å². The van der Waals surface area contributed by atoms with Gasteiger partial charge in [0.15, 0.2) is 0 Å². The lowest BCUT2D eigenvalue weighted by atomic mass is 9.94. The van der Waals surface area contributed by atoms with Crippen molar-refractivity contribution in [2.75, 3.05) is 13.2 Å². The molecule has 1 fully saturated rings. The fourth-order valence-corrected chi connectivity index (χ4v) is 2.75. The van der Waals surface area contributed by atoms with Crippen LogP contribution < -0.4 is 5.32 Å². The average molecular weight is 292 g/mol. The van der Waals surface area contributed by atoms with E-state index in [4.69, 9.17) is 0 Å². The number of benzene rings is 1. The van der Waals surface area contributed by atoms with Crippen molar-refractivity contribution in [3.8, 4) is 0 Å². The minimum absolute atomic E-state index is 0.00900. The van der Waals surface area contributed by atoms with Gasteiger partial charge in [0.25, 0.3) is 0 Å².